The van der Waals surface area contributed by atoms with Crippen molar-refractivity contribution in [2.45, 2.75) is 20.3 Å². The SMILES string of the molecule is CCOC(=O)C(C)(Cc1ccc(Br)cc1)C(=O)O. The van der Waals surface area contributed by atoms with Gasteiger partial charge in [-0.2, -0.15) is 0 Å². The van der Waals surface area contributed by atoms with E-state index in [1.807, 2.05) is 12.1 Å². The van der Waals surface area contributed by atoms with Gasteiger partial charge in [0, 0.05) is 4.47 Å². The standard InChI is InChI=1S/C13H15BrO4/c1-3-18-12(17)13(2,11(15)16)8-9-4-6-10(14)7-5-9/h4-7H,3,8H2,1-2H3,(H,15,16). The molecule has 4 nitrogen and oxygen atoms in total. The number of carboxylic acids is 1. The second-order valence-corrected chi connectivity index (χ2v) is 5.08. The predicted octanol–water partition coefficient (Wildman–Crippen LogP) is 2.65. The molecule has 0 fully saturated rings. The molecule has 0 aromatic heterocycles. The van der Waals surface area contributed by atoms with Crippen LogP contribution in [0.25, 0.3) is 0 Å². The van der Waals surface area contributed by atoms with Crippen LogP contribution in [0.1, 0.15) is 19.4 Å². The maximum absolute atomic E-state index is 11.8. The van der Waals surface area contributed by atoms with Crippen molar-refractivity contribution in [3.05, 3.63) is 34.3 Å². The Morgan fingerprint density at radius 1 is 1.33 bits per heavy atom. The molecule has 1 aromatic carbocycles. The minimum absolute atomic E-state index is 0.106. The summed E-state index contributed by atoms with van der Waals surface area (Å²) in [5, 5.41) is 9.24. The van der Waals surface area contributed by atoms with E-state index < -0.39 is 17.4 Å². The minimum Gasteiger partial charge on any atom is -0.480 e. The molecule has 5 heteroatoms. The van der Waals surface area contributed by atoms with Gasteiger partial charge in [0.2, 0.25) is 0 Å². The molecule has 0 radical (unpaired) electrons. The van der Waals surface area contributed by atoms with Crippen LogP contribution >= 0.6 is 15.9 Å². The Balaban J connectivity index is 2.96. The second kappa shape index (κ2) is 6.00. The van der Waals surface area contributed by atoms with Crippen LogP contribution in [0.5, 0.6) is 0 Å². The highest BCUT2D eigenvalue weighted by atomic mass is 79.9. The summed E-state index contributed by atoms with van der Waals surface area (Å²) >= 11 is 3.30. The summed E-state index contributed by atoms with van der Waals surface area (Å²) in [5.41, 5.74) is -0.778. The van der Waals surface area contributed by atoms with E-state index in [4.69, 9.17) is 4.74 Å². The number of rotatable bonds is 5. The highest BCUT2D eigenvalue weighted by molar-refractivity contribution is 9.10. The van der Waals surface area contributed by atoms with Crippen LogP contribution in [0.4, 0.5) is 0 Å². The van der Waals surface area contributed by atoms with Crippen molar-refractivity contribution in [2.75, 3.05) is 6.61 Å². The molecule has 0 amide bonds. The van der Waals surface area contributed by atoms with Crippen molar-refractivity contribution in [1.29, 1.82) is 0 Å². The lowest BCUT2D eigenvalue weighted by molar-refractivity contribution is -0.167. The molecule has 1 atom stereocenters. The smallest absolute Gasteiger partial charge is 0.323 e. The number of hydrogen-bond acceptors (Lipinski definition) is 3. The number of carbonyl (C=O) groups is 2. The summed E-state index contributed by atoms with van der Waals surface area (Å²) in [6, 6.07) is 7.18. The number of ether oxygens (including phenoxy) is 1. The van der Waals surface area contributed by atoms with Crippen molar-refractivity contribution in [1.82, 2.24) is 0 Å². The molecular weight excluding hydrogens is 300 g/mol. The van der Waals surface area contributed by atoms with Gasteiger partial charge in [0.1, 0.15) is 0 Å². The predicted molar refractivity (Wildman–Crippen MR) is 70.2 cm³/mol. The highest BCUT2D eigenvalue weighted by Gasteiger charge is 2.42. The Labute approximate surface area is 114 Å². The van der Waals surface area contributed by atoms with Gasteiger partial charge in [-0.1, -0.05) is 28.1 Å². The number of halogens is 1. The number of benzene rings is 1. The van der Waals surface area contributed by atoms with E-state index in [-0.39, 0.29) is 13.0 Å². The van der Waals surface area contributed by atoms with Crippen LogP contribution in [0.3, 0.4) is 0 Å². The molecule has 0 aliphatic carbocycles. The first kappa shape index (κ1) is 14.7. The van der Waals surface area contributed by atoms with Gasteiger partial charge in [-0.25, -0.2) is 0 Å². The summed E-state index contributed by atoms with van der Waals surface area (Å²) in [6.07, 6.45) is 0.106. The molecule has 18 heavy (non-hydrogen) atoms. The lowest BCUT2D eigenvalue weighted by atomic mass is 9.83. The van der Waals surface area contributed by atoms with Crippen molar-refractivity contribution >= 4 is 27.9 Å². The third-order valence-electron chi connectivity index (χ3n) is 2.67. The summed E-state index contributed by atoms with van der Waals surface area (Å²) < 4.78 is 5.74. The molecule has 0 bridgehead atoms. The van der Waals surface area contributed by atoms with Crippen LogP contribution in [0.2, 0.25) is 0 Å². The Morgan fingerprint density at radius 2 is 1.89 bits per heavy atom. The molecular formula is C13H15BrO4. The maximum atomic E-state index is 11.8. The van der Waals surface area contributed by atoms with E-state index in [2.05, 4.69) is 15.9 Å². The van der Waals surface area contributed by atoms with Crippen molar-refractivity contribution in [2.24, 2.45) is 5.41 Å². The molecule has 1 unspecified atom stereocenters. The summed E-state index contributed by atoms with van der Waals surface area (Å²) in [4.78, 5) is 23.1. The van der Waals surface area contributed by atoms with E-state index in [1.54, 1.807) is 19.1 Å². The first-order valence-electron chi connectivity index (χ1n) is 5.55. The second-order valence-electron chi connectivity index (χ2n) is 4.16. The average molecular weight is 315 g/mol. The van der Waals surface area contributed by atoms with Gasteiger partial charge >= 0.3 is 11.9 Å². The van der Waals surface area contributed by atoms with Gasteiger partial charge in [-0.05, 0) is 38.0 Å². The third-order valence-corrected chi connectivity index (χ3v) is 3.20. The van der Waals surface area contributed by atoms with Crippen LogP contribution < -0.4 is 0 Å². The third kappa shape index (κ3) is 3.32. The molecule has 98 valence electrons. The van der Waals surface area contributed by atoms with Crippen molar-refractivity contribution in [3.8, 4) is 0 Å². The lowest BCUT2D eigenvalue weighted by Gasteiger charge is -2.22. The quantitative estimate of drug-likeness (QED) is 0.670. The number of aliphatic carboxylic acids is 1. The van der Waals surface area contributed by atoms with E-state index in [1.165, 1.54) is 6.92 Å². The van der Waals surface area contributed by atoms with Crippen molar-refractivity contribution < 1.29 is 19.4 Å². The number of esters is 1. The van der Waals surface area contributed by atoms with E-state index in [0.717, 1.165) is 10.0 Å². The highest BCUT2D eigenvalue weighted by Crippen LogP contribution is 2.26. The van der Waals surface area contributed by atoms with Crippen LogP contribution in [-0.4, -0.2) is 23.7 Å². The Morgan fingerprint density at radius 3 is 2.33 bits per heavy atom. The Bertz CT molecular complexity index is 441. The molecule has 1 aromatic rings. The summed E-state index contributed by atoms with van der Waals surface area (Å²) in [5.74, 6) is -1.88. The fraction of sp³-hybridized carbons (Fsp3) is 0.385. The molecule has 0 heterocycles. The topological polar surface area (TPSA) is 63.6 Å². The molecule has 0 aliphatic heterocycles. The minimum atomic E-state index is -1.55. The Kier molecular flexibility index (Phi) is 4.90. The zero-order chi connectivity index (χ0) is 13.8. The molecule has 0 spiro atoms. The zero-order valence-corrected chi connectivity index (χ0v) is 11.9. The van der Waals surface area contributed by atoms with E-state index in [9.17, 15) is 14.7 Å². The summed E-state index contributed by atoms with van der Waals surface area (Å²) in [7, 11) is 0. The molecule has 0 saturated carbocycles. The number of carbonyl (C=O) groups excluding carboxylic acids is 1. The van der Waals surface area contributed by atoms with Gasteiger partial charge in [0.15, 0.2) is 5.41 Å². The van der Waals surface area contributed by atoms with Gasteiger partial charge in [-0.15, -0.1) is 0 Å². The van der Waals surface area contributed by atoms with Gasteiger partial charge < -0.3 is 9.84 Å². The fourth-order valence-corrected chi connectivity index (χ4v) is 1.80. The molecule has 0 aliphatic rings. The van der Waals surface area contributed by atoms with Gasteiger partial charge in [0.05, 0.1) is 6.61 Å². The van der Waals surface area contributed by atoms with Crippen molar-refractivity contribution in [3.63, 3.8) is 0 Å². The molecule has 0 saturated heterocycles. The first-order chi connectivity index (χ1) is 8.40. The van der Waals surface area contributed by atoms with Crippen LogP contribution in [0, 0.1) is 5.41 Å². The largest absolute Gasteiger partial charge is 0.480 e. The fourth-order valence-electron chi connectivity index (χ4n) is 1.54. The summed E-state index contributed by atoms with van der Waals surface area (Å²) in [6.45, 7) is 3.21. The van der Waals surface area contributed by atoms with Crippen LogP contribution in [-0.2, 0) is 20.7 Å². The molecule has 1 rings (SSSR count). The van der Waals surface area contributed by atoms with Gasteiger partial charge in [-0.3, -0.25) is 9.59 Å². The molecule has 1 N–H and O–H groups in total. The Hall–Kier alpha value is -1.36. The lowest BCUT2D eigenvalue weighted by Crippen LogP contribution is -2.39. The monoisotopic (exact) mass is 314 g/mol. The normalized spacial score (nSPS) is 13.7. The number of hydrogen-bond donors (Lipinski definition) is 1. The van der Waals surface area contributed by atoms with Crippen LogP contribution in [0.15, 0.2) is 28.7 Å². The average Bonchev–Trinajstić information content (AvgIpc) is 2.32. The van der Waals surface area contributed by atoms with Gasteiger partial charge in [0.25, 0.3) is 0 Å². The number of carboxylic acid groups (broad SMARTS) is 1. The van der Waals surface area contributed by atoms with E-state index in [0.29, 0.717) is 0 Å². The van der Waals surface area contributed by atoms with E-state index >= 15 is 0 Å². The first-order valence-corrected chi connectivity index (χ1v) is 6.34. The zero-order valence-electron chi connectivity index (χ0n) is 10.3. The maximum Gasteiger partial charge on any atom is 0.323 e.